The quantitative estimate of drug-likeness (QED) is 0.206. The van der Waals surface area contributed by atoms with Crippen LogP contribution in [0.4, 0.5) is 0 Å². The monoisotopic (exact) mass is 801 g/mol. The van der Waals surface area contributed by atoms with Crippen molar-refractivity contribution < 1.29 is 14.2 Å². The molecule has 3 aliphatic carbocycles. The zero-order valence-corrected chi connectivity index (χ0v) is 39.0. The third kappa shape index (κ3) is 15.5. The lowest BCUT2D eigenvalue weighted by Crippen LogP contribution is -2.63. The predicted molar refractivity (Wildman–Crippen MR) is 237 cm³/mol. The Hall–Kier alpha value is -0.360. The minimum atomic E-state index is -0.0372. The normalized spacial score (nSPS) is 35.8. The number of ether oxygens (including phenoxy) is 3. The summed E-state index contributed by atoms with van der Waals surface area (Å²) in [6.07, 6.45) is 16.7. The van der Waals surface area contributed by atoms with E-state index in [-0.39, 0.29) is 16.8 Å². The number of rotatable bonds is 13. The van der Waals surface area contributed by atoms with Crippen molar-refractivity contribution in [3.63, 3.8) is 0 Å². The van der Waals surface area contributed by atoms with Gasteiger partial charge in [-0.3, -0.25) is 24.5 Å². The van der Waals surface area contributed by atoms with Gasteiger partial charge in [-0.25, -0.2) is 0 Å². The molecule has 0 aromatic carbocycles. The molecular weight excluding hydrogens is 709 g/mol. The first kappa shape index (κ1) is 46.2. The molecule has 3 saturated heterocycles. The number of piperazine rings is 3. The highest BCUT2D eigenvalue weighted by molar-refractivity contribution is 4.93. The van der Waals surface area contributed by atoms with Gasteiger partial charge in [0.25, 0.3) is 0 Å². The van der Waals surface area contributed by atoms with Crippen molar-refractivity contribution in [3.05, 3.63) is 0 Å². The van der Waals surface area contributed by atoms with Crippen molar-refractivity contribution in [2.75, 3.05) is 91.6 Å². The van der Waals surface area contributed by atoms with Gasteiger partial charge in [-0.2, -0.15) is 0 Å². The van der Waals surface area contributed by atoms with E-state index in [1.807, 2.05) is 0 Å². The van der Waals surface area contributed by atoms with Gasteiger partial charge in [-0.15, -0.1) is 0 Å². The number of hydrogen-bond acceptors (Lipinski definition) is 9. The van der Waals surface area contributed by atoms with E-state index in [0.717, 1.165) is 30.8 Å². The molecule has 6 fully saturated rings. The standard InChI is InChI=1S/C48H92N6O3/c1-37-30-50(25-27-52(37)31-38-11-17-43(18-12-38)55-46(2,3)4)35-42-36-51(26-28-54(42)33-40-15-21-45(22-16-40)57-48(8,9)10)34-41-29-49-23-24-53(41)32-39-13-19-44(20-14-39)56-47(5,6)7/h37-45,49H,11-36H2,1-10H3/t37-,38?,39?,40?,41?,42?,43?,44?,45?/m0/s1. The van der Waals surface area contributed by atoms with Crippen LogP contribution >= 0.6 is 0 Å². The number of hydrogen-bond donors (Lipinski definition) is 1. The van der Waals surface area contributed by atoms with E-state index in [0.29, 0.717) is 36.4 Å². The van der Waals surface area contributed by atoms with Crippen molar-refractivity contribution in [3.8, 4) is 0 Å². The molecule has 3 atom stereocenters. The summed E-state index contributed by atoms with van der Waals surface area (Å²) in [5.74, 6) is 2.45. The lowest BCUT2D eigenvalue weighted by molar-refractivity contribution is -0.0813. The first-order chi connectivity index (χ1) is 26.9. The van der Waals surface area contributed by atoms with Crippen LogP contribution in [0, 0.1) is 17.8 Å². The average Bonchev–Trinajstić information content (AvgIpc) is 3.12. The van der Waals surface area contributed by atoms with Gasteiger partial charge in [0.2, 0.25) is 0 Å². The highest BCUT2D eigenvalue weighted by atomic mass is 16.5. The largest absolute Gasteiger partial charge is 0.373 e. The molecule has 0 aromatic rings. The van der Waals surface area contributed by atoms with E-state index in [1.165, 1.54) is 156 Å². The highest BCUT2D eigenvalue weighted by Crippen LogP contribution is 2.33. The molecule has 57 heavy (non-hydrogen) atoms. The van der Waals surface area contributed by atoms with Crippen molar-refractivity contribution in [1.82, 2.24) is 29.8 Å². The molecule has 3 aliphatic heterocycles. The Labute approximate surface area is 352 Å². The smallest absolute Gasteiger partial charge is 0.0602 e. The molecule has 3 heterocycles. The second-order valence-corrected chi connectivity index (χ2v) is 23.0. The van der Waals surface area contributed by atoms with Gasteiger partial charge < -0.3 is 19.5 Å². The molecule has 9 heteroatoms. The summed E-state index contributed by atoms with van der Waals surface area (Å²) in [5, 5.41) is 3.80. The minimum absolute atomic E-state index is 0.0250. The van der Waals surface area contributed by atoms with Crippen LogP contribution in [0.15, 0.2) is 0 Å². The van der Waals surface area contributed by atoms with E-state index < -0.39 is 0 Å². The predicted octanol–water partition coefficient (Wildman–Crippen LogP) is 7.37. The van der Waals surface area contributed by atoms with Gasteiger partial charge in [-0.05, 0) is 164 Å². The van der Waals surface area contributed by atoms with Crippen LogP contribution in [0.5, 0.6) is 0 Å². The van der Waals surface area contributed by atoms with Crippen molar-refractivity contribution in [1.29, 1.82) is 0 Å². The molecular formula is C48H92N6O3. The summed E-state index contributed by atoms with van der Waals surface area (Å²) < 4.78 is 19.2. The first-order valence-corrected chi connectivity index (χ1v) is 24.3. The molecule has 2 unspecified atom stereocenters. The number of nitrogens with one attached hydrogen (secondary N) is 1. The second-order valence-electron chi connectivity index (χ2n) is 23.0. The van der Waals surface area contributed by atoms with Gasteiger partial charge >= 0.3 is 0 Å². The molecule has 6 rings (SSSR count). The van der Waals surface area contributed by atoms with E-state index in [2.05, 4.69) is 99.1 Å². The van der Waals surface area contributed by atoms with Crippen molar-refractivity contribution in [2.24, 2.45) is 17.8 Å². The van der Waals surface area contributed by atoms with Gasteiger partial charge in [0.05, 0.1) is 35.1 Å². The molecule has 0 spiro atoms. The molecule has 0 radical (unpaired) electrons. The average molecular weight is 801 g/mol. The summed E-state index contributed by atoms with van der Waals surface area (Å²) in [4.78, 5) is 14.4. The Kier molecular flexibility index (Phi) is 16.7. The van der Waals surface area contributed by atoms with Gasteiger partial charge in [0.15, 0.2) is 0 Å². The summed E-state index contributed by atoms with van der Waals surface area (Å²) in [5.41, 5.74) is -0.0923. The van der Waals surface area contributed by atoms with Crippen LogP contribution in [-0.2, 0) is 14.2 Å². The maximum Gasteiger partial charge on any atom is 0.0602 e. The Balaban J connectivity index is 1.02. The molecule has 9 nitrogen and oxygen atoms in total. The second kappa shape index (κ2) is 20.7. The van der Waals surface area contributed by atoms with Gasteiger partial charge in [-0.1, -0.05) is 0 Å². The summed E-state index contributed by atoms with van der Waals surface area (Å²) in [6.45, 7) is 39.4. The Morgan fingerprint density at radius 1 is 0.439 bits per heavy atom. The highest BCUT2D eigenvalue weighted by Gasteiger charge is 2.37. The Bertz CT molecular complexity index is 1160. The molecule has 332 valence electrons. The molecule has 6 aliphatic rings. The van der Waals surface area contributed by atoms with Crippen molar-refractivity contribution in [2.45, 2.75) is 200 Å². The fourth-order valence-corrected chi connectivity index (χ4v) is 11.7. The SMILES string of the molecule is C[C@H]1CN(CC2CN(CC3CNCCN3CC3CCC(OC(C)(C)C)CC3)CCN2CC2CCC(OC(C)(C)C)CC2)CCN1CC1CCC(OC(C)(C)C)CC1. The fraction of sp³-hybridized carbons (Fsp3) is 1.00. The van der Waals surface area contributed by atoms with Crippen LogP contribution in [0.2, 0.25) is 0 Å². The summed E-state index contributed by atoms with van der Waals surface area (Å²) in [6, 6.07) is 1.86. The van der Waals surface area contributed by atoms with E-state index in [9.17, 15) is 0 Å². The van der Waals surface area contributed by atoms with Crippen LogP contribution in [0.1, 0.15) is 146 Å². The minimum Gasteiger partial charge on any atom is -0.373 e. The number of nitrogens with zero attached hydrogens (tertiary/aromatic N) is 5. The maximum absolute atomic E-state index is 6.44. The summed E-state index contributed by atoms with van der Waals surface area (Å²) >= 11 is 0. The maximum atomic E-state index is 6.44. The zero-order chi connectivity index (χ0) is 40.8. The van der Waals surface area contributed by atoms with Crippen molar-refractivity contribution >= 4 is 0 Å². The van der Waals surface area contributed by atoms with E-state index in [1.54, 1.807) is 0 Å². The molecule has 0 aromatic heterocycles. The topological polar surface area (TPSA) is 55.9 Å². The van der Waals surface area contributed by atoms with Crippen LogP contribution in [-0.4, -0.2) is 169 Å². The van der Waals surface area contributed by atoms with E-state index in [4.69, 9.17) is 14.2 Å². The third-order valence-corrected chi connectivity index (χ3v) is 14.4. The Morgan fingerprint density at radius 3 is 1.26 bits per heavy atom. The molecule has 3 saturated carbocycles. The zero-order valence-electron chi connectivity index (χ0n) is 39.0. The van der Waals surface area contributed by atoms with E-state index >= 15 is 0 Å². The molecule has 0 bridgehead atoms. The lowest BCUT2D eigenvalue weighted by atomic mass is 9.86. The van der Waals surface area contributed by atoms with Gasteiger partial charge in [0, 0.05) is 110 Å². The Morgan fingerprint density at radius 2 is 0.825 bits per heavy atom. The van der Waals surface area contributed by atoms with Crippen LogP contribution in [0.25, 0.3) is 0 Å². The lowest BCUT2D eigenvalue weighted by Gasteiger charge is -2.49. The summed E-state index contributed by atoms with van der Waals surface area (Å²) in [7, 11) is 0. The fourth-order valence-electron chi connectivity index (χ4n) is 11.7. The molecule has 1 N–H and O–H groups in total. The molecule has 0 amide bonds. The van der Waals surface area contributed by atoms with Crippen LogP contribution < -0.4 is 5.32 Å². The first-order valence-electron chi connectivity index (χ1n) is 24.3. The van der Waals surface area contributed by atoms with Gasteiger partial charge in [0.1, 0.15) is 0 Å². The third-order valence-electron chi connectivity index (χ3n) is 14.4. The van der Waals surface area contributed by atoms with Crippen LogP contribution in [0.3, 0.4) is 0 Å².